The maximum absolute atomic E-state index is 12.9. The van der Waals surface area contributed by atoms with E-state index in [2.05, 4.69) is 10.3 Å². The minimum absolute atomic E-state index is 0.0326. The van der Waals surface area contributed by atoms with Crippen molar-refractivity contribution in [3.8, 4) is 0 Å². The Bertz CT molecular complexity index is 584. The molecule has 5 heteroatoms. The van der Waals surface area contributed by atoms with E-state index < -0.39 is 5.82 Å². The molecule has 0 aliphatic heterocycles. The molecule has 0 aliphatic carbocycles. The van der Waals surface area contributed by atoms with Crippen LogP contribution in [0.2, 0.25) is 5.02 Å². The molecule has 0 radical (unpaired) electrons. The molecule has 3 nitrogen and oxygen atoms in total. The summed E-state index contributed by atoms with van der Waals surface area (Å²) in [7, 11) is 0. The van der Waals surface area contributed by atoms with E-state index in [1.165, 1.54) is 24.4 Å². The number of carbonyl (C=O) groups excluding carboxylic acids is 1. The lowest BCUT2D eigenvalue weighted by Gasteiger charge is -2.06. The van der Waals surface area contributed by atoms with E-state index in [4.69, 9.17) is 11.6 Å². The van der Waals surface area contributed by atoms with Crippen molar-refractivity contribution in [2.75, 3.05) is 5.32 Å². The number of amides is 1. The molecule has 0 saturated heterocycles. The van der Waals surface area contributed by atoms with Gasteiger partial charge in [-0.2, -0.15) is 0 Å². The standard InChI is InChI=1S/C13H10ClFN2O/c1-8-2-3-9(7-16-8)13(18)17-10-4-5-12(15)11(14)6-10/h2-7H,1H3,(H,17,18). The lowest BCUT2D eigenvalue weighted by atomic mass is 10.2. The molecule has 0 unspecified atom stereocenters. The van der Waals surface area contributed by atoms with Gasteiger partial charge in [-0.05, 0) is 37.3 Å². The van der Waals surface area contributed by atoms with E-state index in [9.17, 15) is 9.18 Å². The van der Waals surface area contributed by atoms with E-state index >= 15 is 0 Å². The maximum atomic E-state index is 12.9. The van der Waals surface area contributed by atoms with E-state index in [1.54, 1.807) is 12.1 Å². The molecular formula is C13H10ClFN2O. The fraction of sp³-hybridized carbons (Fsp3) is 0.0769. The summed E-state index contributed by atoms with van der Waals surface area (Å²) in [5, 5.41) is 2.58. The topological polar surface area (TPSA) is 42.0 Å². The summed E-state index contributed by atoms with van der Waals surface area (Å²) in [4.78, 5) is 15.9. The van der Waals surface area contributed by atoms with Gasteiger partial charge in [-0.1, -0.05) is 11.6 Å². The van der Waals surface area contributed by atoms with Crippen LogP contribution in [0, 0.1) is 12.7 Å². The number of halogens is 2. The molecule has 0 spiro atoms. The van der Waals surface area contributed by atoms with E-state index in [0.29, 0.717) is 11.3 Å². The number of nitrogens with one attached hydrogen (secondary N) is 1. The minimum atomic E-state index is -0.522. The van der Waals surface area contributed by atoms with Gasteiger partial charge in [-0.3, -0.25) is 9.78 Å². The highest BCUT2D eigenvalue weighted by Crippen LogP contribution is 2.19. The lowest BCUT2D eigenvalue weighted by Crippen LogP contribution is -2.12. The first-order chi connectivity index (χ1) is 8.56. The molecule has 2 rings (SSSR count). The maximum Gasteiger partial charge on any atom is 0.257 e. The van der Waals surface area contributed by atoms with Crippen molar-refractivity contribution in [2.24, 2.45) is 0 Å². The Balaban J connectivity index is 2.16. The van der Waals surface area contributed by atoms with Gasteiger partial charge in [0.05, 0.1) is 10.6 Å². The van der Waals surface area contributed by atoms with Crippen molar-refractivity contribution in [2.45, 2.75) is 6.92 Å². The van der Waals surface area contributed by atoms with Crippen LogP contribution in [0.3, 0.4) is 0 Å². The summed E-state index contributed by atoms with van der Waals surface area (Å²) in [6, 6.07) is 7.41. The Kier molecular flexibility index (Phi) is 3.58. The summed E-state index contributed by atoms with van der Waals surface area (Å²) in [6.07, 6.45) is 1.48. The van der Waals surface area contributed by atoms with Gasteiger partial charge in [0, 0.05) is 17.6 Å². The van der Waals surface area contributed by atoms with Crippen LogP contribution >= 0.6 is 11.6 Å². The van der Waals surface area contributed by atoms with Gasteiger partial charge in [-0.15, -0.1) is 0 Å². The molecule has 1 N–H and O–H groups in total. The summed E-state index contributed by atoms with van der Waals surface area (Å²) in [5.74, 6) is -0.836. The van der Waals surface area contributed by atoms with Crippen molar-refractivity contribution >= 4 is 23.2 Å². The number of hydrogen-bond donors (Lipinski definition) is 1. The lowest BCUT2D eigenvalue weighted by molar-refractivity contribution is 0.102. The molecule has 0 atom stereocenters. The zero-order valence-corrected chi connectivity index (χ0v) is 10.3. The van der Waals surface area contributed by atoms with Gasteiger partial charge < -0.3 is 5.32 Å². The quantitative estimate of drug-likeness (QED) is 0.903. The van der Waals surface area contributed by atoms with E-state index in [1.807, 2.05) is 6.92 Å². The molecule has 0 fully saturated rings. The van der Waals surface area contributed by atoms with Gasteiger partial charge >= 0.3 is 0 Å². The second-order valence-electron chi connectivity index (χ2n) is 3.77. The molecule has 1 aromatic heterocycles. The highest BCUT2D eigenvalue weighted by atomic mass is 35.5. The number of nitrogens with zero attached hydrogens (tertiary/aromatic N) is 1. The number of hydrogen-bond acceptors (Lipinski definition) is 2. The normalized spacial score (nSPS) is 10.2. The number of rotatable bonds is 2. The molecule has 2 aromatic rings. The fourth-order valence-electron chi connectivity index (χ4n) is 1.38. The third-order valence-electron chi connectivity index (χ3n) is 2.35. The smallest absolute Gasteiger partial charge is 0.257 e. The SMILES string of the molecule is Cc1ccc(C(=O)Nc2ccc(F)c(Cl)c2)cn1. The first kappa shape index (κ1) is 12.5. The third-order valence-corrected chi connectivity index (χ3v) is 2.64. The summed E-state index contributed by atoms with van der Waals surface area (Å²) in [5.41, 5.74) is 1.70. The zero-order valence-electron chi connectivity index (χ0n) is 9.58. The first-order valence-electron chi connectivity index (χ1n) is 5.25. The van der Waals surface area contributed by atoms with Crippen molar-refractivity contribution in [3.63, 3.8) is 0 Å². The number of aryl methyl sites for hydroxylation is 1. The van der Waals surface area contributed by atoms with Gasteiger partial charge in [0.25, 0.3) is 5.91 Å². The van der Waals surface area contributed by atoms with Gasteiger partial charge in [0.1, 0.15) is 5.82 Å². The summed E-state index contributed by atoms with van der Waals surface area (Å²) in [6.45, 7) is 1.83. The third kappa shape index (κ3) is 2.84. The van der Waals surface area contributed by atoms with E-state index in [0.717, 1.165) is 5.69 Å². The summed E-state index contributed by atoms with van der Waals surface area (Å²) >= 11 is 5.63. The molecule has 1 aromatic carbocycles. The van der Waals surface area contributed by atoms with Gasteiger partial charge in [0.2, 0.25) is 0 Å². The number of anilines is 1. The summed E-state index contributed by atoms with van der Waals surface area (Å²) < 4.78 is 12.9. The number of benzene rings is 1. The zero-order chi connectivity index (χ0) is 13.1. The van der Waals surface area contributed by atoms with E-state index in [-0.39, 0.29) is 10.9 Å². The van der Waals surface area contributed by atoms with Crippen molar-refractivity contribution < 1.29 is 9.18 Å². The number of carbonyl (C=O) groups is 1. The van der Waals surface area contributed by atoms with Crippen LogP contribution in [0.15, 0.2) is 36.5 Å². The molecule has 1 amide bonds. The van der Waals surface area contributed by atoms with Crippen LogP contribution in [0.5, 0.6) is 0 Å². The average molecular weight is 265 g/mol. The Morgan fingerprint density at radius 3 is 2.72 bits per heavy atom. The number of aromatic nitrogens is 1. The second-order valence-corrected chi connectivity index (χ2v) is 4.18. The fourth-order valence-corrected chi connectivity index (χ4v) is 1.56. The molecule has 0 bridgehead atoms. The first-order valence-corrected chi connectivity index (χ1v) is 5.63. The van der Waals surface area contributed by atoms with Crippen LogP contribution in [0.4, 0.5) is 10.1 Å². The number of pyridine rings is 1. The minimum Gasteiger partial charge on any atom is -0.322 e. The highest BCUT2D eigenvalue weighted by Gasteiger charge is 2.07. The largest absolute Gasteiger partial charge is 0.322 e. The Morgan fingerprint density at radius 2 is 2.11 bits per heavy atom. The molecule has 92 valence electrons. The van der Waals surface area contributed by atoms with Crippen LogP contribution < -0.4 is 5.32 Å². The highest BCUT2D eigenvalue weighted by molar-refractivity contribution is 6.31. The molecule has 0 saturated carbocycles. The predicted molar refractivity (Wildman–Crippen MR) is 68.3 cm³/mol. The molecule has 1 heterocycles. The predicted octanol–water partition coefficient (Wildman–Crippen LogP) is 3.43. The van der Waals surface area contributed by atoms with Gasteiger partial charge in [0.15, 0.2) is 0 Å². The van der Waals surface area contributed by atoms with Crippen LogP contribution in [0.1, 0.15) is 16.1 Å². The molecule has 0 aliphatic rings. The van der Waals surface area contributed by atoms with Gasteiger partial charge in [-0.25, -0.2) is 4.39 Å². The molecular weight excluding hydrogens is 255 g/mol. The van der Waals surface area contributed by atoms with Crippen molar-refractivity contribution in [1.82, 2.24) is 4.98 Å². The van der Waals surface area contributed by atoms with Crippen molar-refractivity contribution in [3.05, 3.63) is 58.6 Å². The Hall–Kier alpha value is -1.94. The van der Waals surface area contributed by atoms with Crippen LogP contribution in [-0.4, -0.2) is 10.9 Å². The Morgan fingerprint density at radius 1 is 1.33 bits per heavy atom. The Labute approximate surface area is 109 Å². The van der Waals surface area contributed by atoms with Crippen molar-refractivity contribution in [1.29, 1.82) is 0 Å². The average Bonchev–Trinajstić information content (AvgIpc) is 2.34. The van der Waals surface area contributed by atoms with Crippen LogP contribution in [0.25, 0.3) is 0 Å². The monoisotopic (exact) mass is 264 g/mol. The second kappa shape index (κ2) is 5.14. The van der Waals surface area contributed by atoms with Crippen LogP contribution in [-0.2, 0) is 0 Å². The molecule has 18 heavy (non-hydrogen) atoms.